The summed E-state index contributed by atoms with van der Waals surface area (Å²) in [5, 5.41) is 2.66. The molecule has 0 aromatic heterocycles. The predicted octanol–water partition coefficient (Wildman–Crippen LogP) is 2.22. The average molecular weight is 364 g/mol. The van der Waals surface area contributed by atoms with E-state index in [2.05, 4.69) is 5.32 Å². The van der Waals surface area contributed by atoms with Gasteiger partial charge in [0.1, 0.15) is 0 Å². The van der Waals surface area contributed by atoms with Gasteiger partial charge in [0.15, 0.2) is 6.61 Å². The monoisotopic (exact) mass is 364 g/mol. The first-order valence-electron chi connectivity index (χ1n) is 8.14. The lowest BCUT2D eigenvalue weighted by Gasteiger charge is -2.14. The molecule has 7 heteroatoms. The van der Waals surface area contributed by atoms with Crippen LogP contribution < -0.4 is 10.2 Å². The number of nitrogens with one attached hydrogen (secondary N) is 1. The highest BCUT2D eigenvalue weighted by atomic mass is 16.5. The highest BCUT2D eigenvalue weighted by Gasteiger charge is 2.25. The fraction of sp³-hybridized carbons (Fsp3) is 0.100. The first kappa shape index (κ1) is 18.1. The van der Waals surface area contributed by atoms with Crippen molar-refractivity contribution in [1.29, 1.82) is 0 Å². The number of hydrogen-bond acceptors (Lipinski definition) is 5. The van der Waals surface area contributed by atoms with Gasteiger partial charge in [-0.1, -0.05) is 24.3 Å². The molecule has 0 spiro atoms. The third-order valence-corrected chi connectivity index (χ3v) is 3.90. The fourth-order valence-electron chi connectivity index (χ4n) is 2.54. The van der Waals surface area contributed by atoms with Crippen LogP contribution in [0.1, 0.15) is 15.9 Å². The maximum atomic E-state index is 12.2. The van der Waals surface area contributed by atoms with Gasteiger partial charge in [-0.05, 0) is 36.8 Å². The van der Waals surface area contributed by atoms with Gasteiger partial charge in [-0.3, -0.25) is 14.4 Å². The summed E-state index contributed by atoms with van der Waals surface area (Å²) in [5.41, 5.74) is 1.91. The van der Waals surface area contributed by atoms with Gasteiger partial charge in [0, 0.05) is 17.8 Å². The van der Waals surface area contributed by atoms with E-state index in [1.807, 2.05) is 19.1 Å². The zero-order chi connectivity index (χ0) is 19.4. The van der Waals surface area contributed by atoms with E-state index in [0.717, 1.165) is 22.6 Å². The molecule has 0 atom stereocenters. The molecule has 0 saturated heterocycles. The summed E-state index contributed by atoms with van der Waals surface area (Å²) in [7, 11) is 0. The van der Waals surface area contributed by atoms with Gasteiger partial charge >= 0.3 is 5.97 Å². The minimum absolute atomic E-state index is 0.128. The molecule has 1 aliphatic heterocycles. The van der Waals surface area contributed by atoms with Gasteiger partial charge in [0.05, 0.1) is 11.3 Å². The Balaban J connectivity index is 1.62. The molecular formula is C20H16N2O5. The number of para-hydroxylation sites is 1. The number of carbonyl (C=O) groups excluding carboxylic acids is 4. The molecular weight excluding hydrogens is 348 g/mol. The molecule has 0 fully saturated rings. The van der Waals surface area contributed by atoms with Crippen LogP contribution in [-0.4, -0.2) is 30.3 Å². The third-order valence-electron chi connectivity index (χ3n) is 3.90. The molecule has 2 aromatic carbocycles. The SMILES string of the molecule is Cc1ccccc1NC(=O)COC(=O)c1cccc(N2C(=O)C=CC2=O)c1. The first-order valence-corrected chi connectivity index (χ1v) is 8.14. The van der Waals surface area contributed by atoms with Crippen LogP contribution in [-0.2, 0) is 19.1 Å². The Labute approximate surface area is 155 Å². The van der Waals surface area contributed by atoms with Crippen LogP contribution in [0.3, 0.4) is 0 Å². The maximum absolute atomic E-state index is 12.2. The van der Waals surface area contributed by atoms with Crippen molar-refractivity contribution in [2.45, 2.75) is 6.92 Å². The van der Waals surface area contributed by atoms with Gasteiger partial charge in [0.25, 0.3) is 17.7 Å². The van der Waals surface area contributed by atoms with Gasteiger partial charge in [-0.2, -0.15) is 0 Å². The van der Waals surface area contributed by atoms with Crippen molar-refractivity contribution in [1.82, 2.24) is 0 Å². The second kappa shape index (κ2) is 7.65. The molecule has 0 unspecified atom stereocenters. The summed E-state index contributed by atoms with van der Waals surface area (Å²) < 4.78 is 5.02. The number of imide groups is 1. The van der Waals surface area contributed by atoms with E-state index in [0.29, 0.717) is 5.69 Å². The number of ether oxygens (including phenoxy) is 1. The molecule has 136 valence electrons. The zero-order valence-corrected chi connectivity index (χ0v) is 14.5. The van der Waals surface area contributed by atoms with Crippen molar-refractivity contribution in [2.75, 3.05) is 16.8 Å². The second-order valence-corrected chi connectivity index (χ2v) is 5.83. The molecule has 7 nitrogen and oxygen atoms in total. The molecule has 2 aromatic rings. The number of amides is 3. The van der Waals surface area contributed by atoms with Crippen LogP contribution in [0.15, 0.2) is 60.7 Å². The molecule has 3 amide bonds. The highest BCUT2D eigenvalue weighted by molar-refractivity contribution is 6.28. The largest absolute Gasteiger partial charge is 0.452 e. The normalized spacial score (nSPS) is 13.0. The summed E-state index contributed by atoms with van der Waals surface area (Å²) >= 11 is 0. The van der Waals surface area contributed by atoms with Gasteiger partial charge in [-0.15, -0.1) is 0 Å². The average Bonchev–Trinajstić information content (AvgIpc) is 3.00. The Morgan fingerprint density at radius 2 is 1.70 bits per heavy atom. The molecule has 1 N–H and O–H groups in total. The number of nitrogens with zero attached hydrogens (tertiary/aromatic N) is 1. The lowest BCUT2D eigenvalue weighted by molar-refractivity contribution is -0.120. The molecule has 0 aliphatic carbocycles. The van der Waals surface area contributed by atoms with Gasteiger partial charge in [0.2, 0.25) is 0 Å². The Bertz CT molecular complexity index is 946. The summed E-state index contributed by atoms with van der Waals surface area (Å²) in [4.78, 5) is 48.6. The van der Waals surface area contributed by atoms with Crippen molar-refractivity contribution in [3.8, 4) is 0 Å². The summed E-state index contributed by atoms with van der Waals surface area (Å²) in [5.74, 6) is -2.17. The van der Waals surface area contributed by atoms with Crippen LogP contribution in [0.25, 0.3) is 0 Å². The number of rotatable bonds is 5. The van der Waals surface area contributed by atoms with Crippen LogP contribution in [0.4, 0.5) is 11.4 Å². The number of benzene rings is 2. The lowest BCUT2D eigenvalue weighted by atomic mass is 10.2. The summed E-state index contributed by atoms with van der Waals surface area (Å²) in [6, 6.07) is 13.1. The molecule has 0 bridgehead atoms. The van der Waals surface area contributed by atoms with Crippen molar-refractivity contribution in [2.24, 2.45) is 0 Å². The topological polar surface area (TPSA) is 92.8 Å². The maximum Gasteiger partial charge on any atom is 0.338 e. The summed E-state index contributed by atoms with van der Waals surface area (Å²) in [6.45, 7) is 1.39. The molecule has 0 saturated carbocycles. The first-order chi connectivity index (χ1) is 13.0. The van der Waals surface area contributed by atoms with Crippen LogP contribution in [0, 0.1) is 6.92 Å². The minimum atomic E-state index is -0.733. The van der Waals surface area contributed by atoms with Gasteiger partial charge in [-0.25, -0.2) is 9.69 Å². The minimum Gasteiger partial charge on any atom is -0.452 e. The molecule has 27 heavy (non-hydrogen) atoms. The fourth-order valence-corrected chi connectivity index (χ4v) is 2.54. The lowest BCUT2D eigenvalue weighted by Crippen LogP contribution is -2.29. The van der Waals surface area contributed by atoms with E-state index in [9.17, 15) is 19.2 Å². The Kier molecular flexibility index (Phi) is 5.12. The Hall–Kier alpha value is -3.74. The number of anilines is 2. The van der Waals surface area contributed by atoms with E-state index >= 15 is 0 Å². The standard InChI is InChI=1S/C20H16N2O5/c1-13-5-2-3-8-16(13)21-17(23)12-27-20(26)14-6-4-7-15(11-14)22-18(24)9-10-19(22)25/h2-11H,12H2,1H3,(H,21,23). The van der Waals surface area contributed by atoms with E-state index in [1.54, 1.807) is 12.1 Å². The third kappa shape index (κ3) is 4.09. The number of aryl methyl sites for hydroxylation is 1. The highest BCUT2D eigenvalue weighted by Crippen LogP contribution is 2.20. The molecule has 0 radical (unpaired) electrons. The number of esters is 1. The Morgan fingerprint density at radius 1 is 1.00 bits per heavy atom. The van der Waals surface area contributed by atoms with Crippen LogP contribution >= 0.6 is 0 Å². The van der Waals surface area contributed by atoms with E-state index in [1.165, 1.54) is 24.3 Å². The Morgan fingerprint density at radius 3 is 2.41 bits per heavy atom. The van der Waals surface area contributed by atoms with Crippen molar-refractivity contribution in [3.63, 3.8) is 0 Å². The smallest absolute Gasteiger partial charge is 0.338 e. The number of carbonyl (C=O) groups is 4. The van der Waals surface area contributed by atoms with E-state index < -0.39 is 30.3 Å². The zero-order valence-electron chi connectivity index (χ0n) is 14.5. The second-order valence-electron chi connectivity index (χ2n) is 5.83. The van der Waals surface area contributed by atoms with Gasteiger partial charge < -0.3 is 10.1 Å². The van der Waals surface area contributed by atoms with E-state index in [4.69, 9.17) is 4.74 Å². The van der Waals surface area contributed by atoms with Crippen molar-refractivity contribution < 1.29 is 23.9 Å². The van der Waals surface area contributed by atoms with E-state index in [-0.39, 0.29) is 11.3 Å². The number of hydrogen-bond donors (Lipinski definition) is 1. The summed E-state index contributed by atoms with van der Waals surface area (Å²) in [6.07, 6.45) is 2.31. The predicted molar refractivity (Wildman–Crippen MR) is 98.2 cm³/mol. The van der Waals surface area contributed by atoms with Crippen LogP contribution in [0.2, 0.25) is 0 Å². The van der Waals surface area contributed by atoms with Crippen molar-refractivity contribution >= 4 is 35.1 Å². The van der Waals surface area contributed by atoms with Crippen molar-refractivity contribution in [3.05, 3.63) is 71.8 Å². The molecule has 1 heterocycles. The van der Waals surface area contributed by atoms with Crippen LogP contribution in [0.5, 0.6) is 0 Å². The molecule has 1 aliphatic rings. The molecule has 3 rings (SSSR count). The quantitative estimate of drug-likeness (QED) is 0.649.